The standard InChI is InChI=1S/C5H10S3Se/c6-4-2-1-3-9-5(4,7)8/h4,6-8H,1-3H2. The predicted octanol–water partition coefficient (Wildman–Crippen LogP) is 1.71. The van der Waals surface area contributed by atoms with Gasteiger partial charge >= 0.3 is 79.2 Å². The second-order valence-electron chi connectivity index (χ2n) is 2.17. The fraction of sp³-hybridized carbons (Fsp3) is 1.00. The van der Waals surface area contributed by atoms with Crippen molar-refractivity contribution in [3.05, 3.63) is 0 Å². The van der Waals surface area contributed by atoms with Gasteiger partial charge in [0.25, 0.3) is 0 Å². The van der Waals surface area contributed by atoms with Crippen molar-refractivity contribution in [3.8, 4) is 0 Å². The van der Waals surface area contributed by atoms with E-state index in [0.717, 1.165) is 0 Å². The molecule has 1 aliphatic rings. The van der Waals surface area contributed by atoms with Gasteiger partial charge in [-0.05, 0) is 0 Å². The Hall–Kier alpha value is 1.57. The second-order valence-corrected chi connectivity index (χ2v) is 8.73. The third-order valence-electron chi connectivity index (χ3n) is 1.37. The van der Waals surface area contributed by atoms with Crippen molar-refractivity contribution in [2.24, 2.45) is 0 Å². The van der Waals surface area contributed by atoms with Crippen molar-refractivity contribution in [2.45, 2.75) is 26.4 Å². The molecule has 1 unspecified atom stereocenters. The summed E-state index contributed by atoms with van der Waals surface area (Å²) in [5.74, 6) is 0. The Balaban J connectivity index is 2.49. The molecule has 0 saturated carbocycles. The first-order chi connectivity index (χ1) is 4.13. The molecule has 1 atom stereocenters. The molecular formula is C5H10S3Se. The third-order valence-corrected chi connectivity index (χ3v) is 7.30. The van der Waals surface area contributed by atoms with E-state index < -0.39 is 0 Å². The summed E-state index contributed by atoms with van der Waals surface area (Å²) in [5.41, 5.74) is 0. The first kappa shape index (κ1) is 8.66. The zero-order valence-corrected chi connectivity index (χ0v) is 9.34. The van der Waals surface area contributed by atoms with E-state index >= 15 is 0 Å². The molecule has 0 aromatic rings. The molecule has 0 aliphatic carbocycles. The molecule has 1 saturated heterocycles. The summed E-state index contributed by atoms with van der Waals surface area (Å²) in [6.45, 7) is 0. The number of hydrogen-bond acceptors (Lipinski definition) is 3. The SMILES string of the molecule is SC1CCC[Se]C1(S)S. The van der Waals surface area contributed by atoms with Crippen LogP contribution in [0.4, 0.5) is 0 Å². The van der Waals surface area contributed by atoms with Gasteiger partial charge in [0.1, 0.15) is 0 Å². The topological polar surface area (TPSA) is 0 Å². The molecule has 0 aromatic heterocycles. The zero-order chi connectivity index (χ0) is 6.91. The molecule has 0 spiro atoms. The molecular weight excluding hydrogens is 235 g/mol. The van der Waals surface area contributed by atoms with Crippen LogP contribution in [-0.4, -0.2) is 23.2 Å². The van der Waals surface area contributed by atoms with Crippen LogP contribution >= 0.6 is 37.9 Å². The zero-order valence-electron chi connectivity index (χ0n) is 4.95. The van der Waals surface area contributed by atoms with Crippen LogP contribution in [0.5, 0.6) is 0 Å². The predicted molar refractivity (Wildman–Crippen MR) is 53.3 cm³/mol. The monoisotopic (exact) mass is 246 g/mol. The van der Waals surface area contributed by atoms with Gasteiger partial charge in [0, 0.05) is 0 Å². The van der Waals surface area contributed by atoms with Gasteiger partial charge in [-0.25, -0.2) is 0 Å². The Labute approximate surface area is 78.9 Å². The van der Waals surface area contributed by atoms with Gasteiger partial charge in [0.15, 0.2) is 0 Å². The van der Waals surface area contributed by atoms with Crippen molar-refractivity contribution in [1.29, 1.82) is 0 Å². The van der Waals surface area contributed by atoms with E-state index in [0.29, 0.717) is 20.2 Å². The Morgan fingerprint density at radius 2 is 2.11 bits per heavy atom. The average Bonchev–Trinajstić information content (AvgIpc) is 1.77. The van der Waals surface area contributed by atoms with Gasteiger partial charge in [-0.2, -0.15) is 0 Å². The summed E-state index contributed by atoms with van der Waals surface area (Å²) in [5, 5.41) is 1.72. The fourth-order valence-electron chi connectivity index (χ4n) is 0.783. The van der Waals surface area contributed by atoms with Crippen molar-refractivity contribution in [2.75, 3.05) is 0 Å². The fourth-order valence-corrected chi connectivity index (χ4v) is 4.49. The van der Waals surface area contributed by atoms with E-state index in [-0.39, 0.29) is 2.98 Å². The molecule has 0 amide bonds. The Morgan fingerprint density at radius 3 is 2.44 bits per heavy atom. The van der Waals surface area contributed by atoms with Crippen molar-refractivity contribution >= 4 is 52.8 Å². The molecule has 0 N–H and O–H groups in total. The summed E-state index contributed by atoms with van der Waals surface area (Å²) < 4.78 is -0.0473. The van der Waals surface area contributed by atoms with Gasteiger partial charge in [-0.3, -0.25) is 0 Å². The van der Waals surface area contributed by atoms with Crippen molar-refractivity contribution in [3.63, 3.8) is 0 Å². The van der Waals surface area contributed by atoms with Crippen molar-refractivity contribution < 1.29 is 0 Å². The van der Waals surface area contributed by atoms with Crippen LogP contribution in [0.2, 0.25) is 5.32 Å². The van der Waals surface area contributed by atoms with Crippen LogP contribution in [0.1, 0.15) is 12.8 Å². The summed E-state index contributed by atoms with van der Waals surface area (Å²) in [6, 6.07) is 0. The maximum absolute atomic E-state index is 4.43. The first-order valence-electron chi connectivity index (χ1n) is 2.90. The molecule has 0 bridgehead atoms. The van der Waals surface area contributed by atoms with Crippen molar-refractivity contribution in [1.82, 2.24) is 0 Å². The Morgan fingerprint density at radius 1 is 1.44 bits per heavy atom. The molecule has 1 rings (SSSR count). The van der Waals surface area contributed by atoms with Gasteiger partial charge in [-0.1, -0.05) is 0 Å². The quantitative estimate of drug-likeness (QED) is 0.323. The van der Waals surface area contributed by atoms with E-state index in [1.165, 1.54) is 18.2 Å². The first-order valence-corrected chi connectivity index (χ1v) is 6.37. The molecule has 54 valence electrons. The summed E-state index contributed by atoms with van der Waals surface area (Å²) in [6.07, 6.45) is 2.49. The van der Waals surface area contributed by atoms with Gasteiger partial charge in [0.05, 0.1) is 0 Å². The van der Waals surface area contributed by atoms with Crippen LogP contribution in [-0.2, 0) is 0 Å². The van der Waals surface area contributed by atoms with Gasteiger partial charge in [-0.15, -0.1) is 0 Å². The van der Waals surface area contributed by atoms with E-state index in [1.54, 1.807) is 0 Å². The molecule has 1 aliphatic heterocycles. The van der Waals surface area contributed by atoms with Crippen LogP contribution in [0.15, 0.2) is 0 Å². The van der Waals surface area contributed by atoms with Crippen LogP contribution in [0, 0.1) is 0 Å². The molecule has 1 fully saturated rings. The normalized spacial score (nSPS) is 34.3. The number of rotatable bonds is 0. The molecule has 1 heterocycles. The van der Waals surface area contributed by atoms with Gasteiger partial charge < -0.3 is 0 Å². The van der Waals surface area contributed by atoms with Crippen LogP contribution in [0.25, 0.3) is 0 Å². The molecule has 0 radical (unpaired) electrons. The molecule has 0 nitrogen and oxygen atoms in total. The molecule has 4 heteroatoms. The minimum absolute atomic E-state index is 0.0473. The summed E-state index contributed by atoms with van der Waals surface area (Å²) in [7, 11) is 0. The summed E-state index contributed by atoms with van der Waals surface area (Å²) in [4.78, 5) is 0. The van der Waals surface area contributed by atoms with Gasteiger partial charge in [0.2, 0.25) is 0 Å². The van der Waals surface area contributed by atoms with Crippen LogP contribution < -0.4 is 0 Å². The molecule has 0 aromatic carbocycles. The summed E-state index contributed by atoms with van der Waals surface area (Å²) >= 11 is 13.8. The Kier molecular flexibility index (Phi) is 3.19. The number of thiol groups is 3. The number of hydrogen-bond donors (Lipinski definition) is 3. The Bertz CT molecular complexity index is 104. The second kappa shape index (κ2) is 3.31. The molecule has 9 heavy (non-hydrogen) atoms. The van der Waals surface area contributed by atoms with E-state index in [2.05, 4.69) is 37.9 Å². The minimum atomic E-state index is -0.0473. The third kappa shape index (κ3) is 2.26. The van der Waals surface area contributed by atoms with Crippen LogP contribution in [0.3, 0.4) is 0 Å². The maximum atomic E-state index is 4.43. The van der Waals surface area contributed by atoms with E-state index in [4.69, 9.17) is 0 Å². The van der Waals surface area contributed by atoms with E-state index in [1.807, 2.05) is 0 Å². The van der Waals surface area contributed by atoms with E-state index in [9.17, 15) is 0 Å². The average molecular weight is 245 g/mol.